The average molecular weight is 249 g/mol. The Morgan fingerprint density at radius 3 is 2.39 bits per heavy atom. The number of nitrogens with zero attached hydrogens (tertiary/aromatic N) is 1. The molecule has 1 aromatic carbocycles. The number of benzene rings is 1. The van der Waals surface area contributed by atoms with E-state index in [1.54, 1.807) is 4.90 Å². The highest BCUT2D eigenvalue weighted by Gasteiger charge is 2.28. The van der Waals surface area contributed by atoms with Gasteiger partial charge < -0.3 is 15.1 Å². The Balaban J connectivity index is 2.16. The van der Waals surface area contributed by atoms with Crippen molar-refractivity contribution in [3.8, 4) is 0 Å². The van der Waals surface area contributed by atoms with Gasteiger partial charge in [0.25, 0.3) is 5.91 Å². The van der Waals surface area contributed by atoms with Crippen LogP contribution in [0.25, 0.3) is 0 Å². The van der Waals surface area contributed by atoms with Crippen LogP contribution in [-0.4, -0.2) is 46.2 Å². The summed E-state index contributed by atoms with van der Waals surface area (Å²) in [6.45, 7) is 0.615. The molecular formula is C13H15NO4. The molecule has 0 aliphatic carbocycles. The number of aliphatic hydroxyl groups excluding tert-OH is 1. The van der Waals surface area contributed by atoms with Crippen LogP contribution in [0.2, 0.25) is 0 Å². The van der Waals surface area contributed by atoms with Gasteiger partial charge in [0.15, 0.2) is 0 Å². The topological polar surface area (TPSA) is 77.8 Å². The van der Waals surface area contributed by atoms with E-state index in [1.165, 1.54) is 24.3 Å². The Morgan fingerprint density at radius 1 is 1.22 bits per heavy atom. The molecule has 5 nitrogen and oxygen atoms in total. The summed E-state index contributed by atoms with van der Waals surface area (Å²) < 4.78 is 0. The Morgan fingerprint density at radius 2 is 1.83 bits per heavy atom. The molecular weight excluding hydrogens is 234 g/mol. The van der Waals surface area contributed by atoms with Crippen molar-refractivity contribution in [1.29, 1.82) is 0 Å². The lowest BCUT2D eigenvalue weighted by atomic mass is 10.1. The van der Waals surface area contributed by atoms with E-state index in [0.717, 1.165) is 12.8 Å². The molecule has 1 atom stereocenters. The molecule has 1 unspecified atom stereocenters. The van der Waals surface area contributed by atoms with Crippen molar-refractivity contribution in [2.75, 3.05) is 13.2 Å². The maximum absolute atomic E-state index is 12.2. The van der Waals surface area contributed by atoms with Crippen molar-refractivity contribution < 1.29 is 19.8 Å². The third-order valence-corrected chi connectivity index (χ3v) is 3.23. The van der Waals surface area contributed by atoms with Gasteiger partial charge in [-0.1, -0.05) is 0 Å². The molecule has 5 heteroatoms. The summed E-state index contributed by atoms with van der Waals surface area (Å²) in [7, 11) is 0. The van der Waals surface area contributed by atoms with Crippen LogP contribution in [0.4, 0.5) is 0 Å². The zero-order valence-corrected chi connectivity index (χ0v) is 9.87. The lowest BCUT2D eigenvalue weighted by Gasteiger charge is -2.23. The standard InChI is InChI=1S/C13H15NO4/c15-8-11-2-1-7-14(11)12(16)9-3-5-10(6-4-9)13(17)18/h3-6,11,15H,1-2,7-8H2,(H,17,18). The van der Waals surface area contributed by atoms with Crippen molar-refractivity contribution in [1.82, 2.24) is 4.90 Å². The van der Waals surface area contributed by atoms with Crippen LogP contribution >= 0.6 is 0 Å². The second-order valence-corrected chi connectivity index (χ2v) is 4.36. The highest BCUT2D eigenvalue weighted by molar-refractivity contribution is 5.96. The number of carbonyl (C=O) groups excluding carboxylic acids is 1. The van der Waals surface area contributed by atoms with E-state index in [4.69, 9.17) is 5.11 Å². The predicted molar refractivity (Wildman–Crippen MR) is 64.5 cm³/mol. The van der Waals surface area contributed by atoms with Gasteiger partial charge in [0, 0.05) is 12.1 Å². The zero-order chi connectivity index (χ0) is 13.1. The van der Waals surface area contributed by atoms with Crippen molar-refractivity contribution in [3.05, 3.63) is 35.4 Å². The van der Waals surface area contributed by atoms with Crippen LogP contribution in [0.15, 0.2) is 24.3 Å². The van der Waals surface area contributed by atoms with Gasteiger partial charge in [-0.3, -0.25) is 4.79 Å². The summed E-state index contributed by atoms with van der Waals surface area (Å²) in [5.74, 6) is -1.16. The van der Waals surface area contributed by atoms with E-state index in [0.29, 0.717) is 12.1 Å². The smallest absolute Gasteiger partial charge is 0.335 e. The Hall–Kier alpha value is -1.88. The first kappa shape index (κ1) is 12.6. The first-order valence-electron chi connectivity index (χ1n) is 5.88. The lowest BCUT2D eigenvalue weighted by Crippen LogP contribution is -2.37. The molecule has 1 saturated heterocycles. The summed E-state index contributed by atoms with van der Waals surface area (Å²) in [5, 5.41) is 18.0. The molecule has 0 aromatic heterocycles. The maximum atomic E-state index is 12.2. The number of aliphatic hydroxyl groups is 1. The molecule has 1 fully saturated rings. The van der Waals surface area contributed by atoms with Crippen LogP contribution < -0.4 is 0 Å². The van der Waals surface area contributed by atoms with E-state index in [-0.39, 0.29) is 24.1 Å². The summed E-state index contributed by atoms with van der Waals surface area (Å²) in [6, 6.07) is 5.74. The minimum Gasteiger partial charge on any atom is -0.478 e. The third kappa shape index (κ3) is 2.36. The van der Waals surface area contributed by atoms with E-state index in [2.05, 4.69) is 0 Å². The number of carboxylic acid groups (broad SMARTS) is 1. The lowest BCUT2D eigenvalue weighted by molar-refractivity contribution is 0.0671. The fourth-order valence-electron chi connectivity index (χ4n) is 2.21. The number of carboxylic acids is 1. The minimum absolute atomic E-state index is 0.0288. The van der Waals surface area contributed by atoms with Crippen molar-refractivity contribution in [2.45, 2.75) is 18.9 Å². The number of hydrogen-bond acceptors (Lipinski definition) is 3. The van der Waals surface area contributed by atoms with Crippen molar-refractivity contribution >= 4 is 11.9 Å². The fraction of sp³-hybridized carbons (Fsp3) is 0.385. The molecule has 96 valence electrons. The van der Waals surface area contributed by atoms with Gasteiger partial charge in [-0.2, -0.15) is 0 Å². The molecule has 0 radical (unpaired) electrons. The van der Waals surface area contributed by atoms with E-state index in [9.17, 15) is 14.7 Å². The molecule has 1 aliphatic rings. The van der Waals surface area contributed by atoms with Crippen molar-refractivity contribution in [2.24, 2.45) is 0 Å². The summed E-state index contributed by atoms with van der Waals surface area (Å²) in [6.07, 6.45) is 1.71. The Bertz CT molecular complexity index is 455. The zero-order valence-electron chi connectivity index (χ0n) is 9.87. The van der Waals surface area contributed by atoms with Crippen LogP contribution in [0.5, 0.6) is 0 Å². The first-order valence-corrected chi connectivity index (χ1v) is 5.88. The number of likely N-dealkylation sites (tertiary alicyclic amines) is 1. The fourth-order valence-corrected chi connectivity index (χ4v) is 2.21. The van der Waals surface area contributed by atoms with Gasteiger partial charge in [-0.15, -0.1) is 0 Å². The van der Waals surface area contributed by atoms with Gasteiger partial charge >= 0.3 is 5.97 Å². The Labute approximate surface area is 105 Å². The normalized spacial score (nSPS) is 18.9. The summed E-state index contributed by atoms with van der Waals surface area (Å²) >= 11 is 0. The SMILES string of the molecule is O=C(O)c1ccc(C(=O)N2CCCC2CO)cc1. The molecule has 2 rings (SSSR count). The molecule has 0 bridgehead atoms. The van der Waals surface area contributed by atoms with Crippen LogP contribution in [-0.2, 0) is 0 Å². The van der Waals surface area contributed by atoms with Crippen molar-refractivity contribution in [3.63, 3.8) is 0 Å². The molecule has 1 aromatic rings. The molecule has 18 heavy (non-hydrogen) atoms. The molecule has 1 heterocycles. The predicted octanol–water partition coefficient (Wildman–Crippen LogP) is 0.982. The molecule has 2 N–H and O–H groups in total. The molecule has 1 aliphatic heterocycles. The highest BCUT2D eigenvalue weighted by Crippen LogP contribution is 2.19. The molecule has 0 saturated carbocycles. The van der Waals surface area contributed by atoms with E-state index < -0.39 is 5.97 Å². The second kappa shape index (κ2) is 5.18. The van der Waals surface area contributed by atoms with E-state index in [1.807, 2.05) is 0 Å². The van der Waals surface area contributed by atoms with Crippen LogP contribution in [0.3, 0.4) is 0 Å². The number of aromatic carboxylic acids is 1. The van der Waals surface area contributed by atoms with Crippen LogP contribution in [0.1, 0.15) is 33.6 Å². The summed E-state index contributed by atoms with van der Waals surface area (Å²) in [5.41, 5.74) is 0.618. The first-order chi connectivity index (χ1) is 8.63. The number of amides is 1. The highest BCUT2D eigenvalue weighted by atomic mass is 16.4. The number of rotatable bonds is 3. The maximum Gasteiger partial charge on any atom is 0.335 e. The van der Waals surface area contributed by atoms with Gasteiger partial charge in [0.1, 0.15) is 0 Å². The van der Waals surface area contributed by atoms with Gasteiger partial charge in [-0.25, -0.2) is 4.79 Å². The average Bonchev–Trinajstić information content (AvgIpc) is 2.86. The van der Waals surface area contributed by atoms with Gasteiger partial charge in [0.2, 0.25) is 0 Å². The van der Waals surface area contributed by atoms with Gasteiger partial charge in [0.05, 0.1) is 18.2 Å². The largest absolute Gasteiger partial charge is 0.478 e. The minimum atomic E-state index is -1.01. The second-order valence-electron chi connectivity index (χ2n) is 4.36. The monoisotopic (exact) mass is 249 g/mol. The summed E-state index contributed by atoms with van der Waals surface area (Å²) in [4.78, 5) is 24.5. The third-order valence-electron chi connectivity index (χ3n) is 3.23. The molecule has 0 spiro atoms. The number of hydrogen-bond donors (Lipinski definition) is 2. The van der Waals surface area contributed by atoms with Crippen LogP contribution in [0, 0.1) is 0 Å². The Kier molecular flexibility index (Phi) is 3.62. The van der Waals surface area contributed by atoms with E-state index >= 15 is 0 Å². The quantitative estimate of drug-likeness (QED) is 0.837. The number of carbonyl (C=O) groups is 2. The van der Waals surface area contributed by atoms with Gasteiger partial charge in [-0.05, 0) is 37.1 Å². The molecule has 1 amide bonds.